The van der Waals surface area contributed by atoms with Gasteiger partial charge in [-0.1, -0.05) is 55.4 Å². The molecular formula is C22H42N2O3. The van der Waals surface area contributed by atoms with Gasteiger partial charge in [0.15, 0.2) is 5.78 Å². The Hall–Kier alpha value is -1.23. The summed E-state index contributed by atoms with van der Waals surface area (Å²) in [4.78, 5) is 36.8. The van der Waals surface area contributed by atoms with E-state index < -0.39 is 6.04 Å². The molecule has 0 aliphatic carbocycles. The Morgan fingerprint density at radius 1 is 0.778 bits per heavy atom. The number of rotatable bonds is 14. The highest BCUT2D eigenvalue weighted by atomic mass is 16.2. The zero-order valence-electron chi connectivity index (χ0n) is 18.7. The fourth-order valence-corrected chi connectivity index (χ4v) is 3.14. The fourth-order valence-electron chi connectivity index (χ4n) is 3.14. The lowest BCUT2D eigenvalue weighted by Gasteiger charge is -2.24. The molecule has 1 amide bonds. The Bertz CT molecular complexity index is 460. The third-order valence-corrected chi connectivity index (χ3v) is 4.62. The van der Waals surface area contributed by atoms with Gasteiger partial charge in [-0.05, 0) is 25.2 Å². The van der Waals surface area contributed by atoms with Crippen molar-refractivity contribution in [3.8, 4) is 0 Å². The standard InChI is InChI=1S/C22H42N2O3/c1-14(2)13-18(23-17(7)8)9-12-21(26)24-19(22(27)16(5)6)10-11-20(25)15(3)4/h14-19,23H,9-13H2,1-8H3,(H,24,26). The summed E-state index contributed by atoms with van der Waals surface area (Å²) in [6.07, 6.45) is 2.86. The Balaban J connectivity index is 4.76. The van der Waals surface area contributed by atoms with Crippen LogP contribution in [0.15, 0.2) is 0 Å². The number of nitrogens with one attached hydrogen (secondary N) is 2. The molecular weight excluding hydrogens is 340 g/mol. The van der Waals surface area contributed by atoms with Crippen molar-refractivity contribution in [2.75, 3.05) is 0 Å². The number of carbonyl (C=O) groups is 3. The summed E-state index contributed by atoms with van der Waals surface area (Å²) in [5.41, 5.74) is 0. The first-order chi connectivity index (χ1) is 12.4. The number of carbonyl (C=O) groups excluding carboxylic acids is 3. The van der Waals surface area contributed by atoms with Gasteiger partial charge in [0.05, 0.1) is 6.04 Å². The molecule has 0 aromatic heterocycles. The van der Waals surface area contributed by atoms with E-state index in [1.807, 2.05) is 27.7 Å². The maximum absolute atomic E-state index is 12.5. The van der Waals surface area contributed by atoms with Gasteiger partial charge >= 0.3 is 0 Å². The van der Waals surface area contributed by atoms with E-state index in [0.717, 1.165) is 12.8 Å². The van der Waals surface area contributed by atoms with Crippen LogP contribution in [-0.2, 0) is 14.4 Å². The van der Waals surface area contributed by atoms with Crippen LogP contribution < -0.4 is 10.6 Å². The second-order valence-electron chi connectivity index (χ2n) is 9.02. The molecule has 0 heterocycles. The lowest BCUT2D eigenvalue weighted by atomic mass is 9.94. The minimum atomic E-state index is -0.568. The van der Waals surface area contributed by atoms with Crippen LogP contribution in [0.4, 0.5) is 0 Å². The number of amides is 1. The summed E-state index contributed by atoms with van der Waals surface area (Å²) >= 11 is 0. The summed E-state index contributed by atoms with van der Waals surface area (Å²) in [5, 5.41) is 6.41. The van der Waals surface area contributed by atoms with E-state index in [4.69, 9.17) is 0 Å². The average Bonchev–Trinajstić information content (AvgIpc) is 2.54. The minimum Gasteiger partial charge on any atom is -0.346 e. The fraction of sp³-hybridized carbons (Fsp3) is 0.864. The first kappa shape index (κ1) is 25.8. The number of hydrogen-bond donors (Lipinski definition) is 2. The maximum Gasteiger partial charge on any atom is 0.220 e. The third kappa shape index (κ3) is 12.0. The second-order valence-corrected chi connectivity index (χ2v) is 9.02. The van der Waals surface area contributed by atoms with E-state index in [9.17, 15) is 14.4 Å². The Labute approximate surface area is 166 Å². The van der Waals surface area contributed by atoms with Crippen molar-refractivity contribution in [1.29, 1.82) is 0 Å². The topological polar surface area (TPSA) is 75.3 Å². The van der Waals surface area contributed by atoms with Crippen LogP contribution in [0.3, 0.4) is 0 Å². The molecule has 0 bridgehead atoms. The molecule has 0 aromatic carbocycles. The Morgan fingerprint density at radius 3 is 1.81 bits per heavy atom. The lowest BCUT2D eigenvalue weighted by molar-refractivity contribution is -0.130. The van der Waals surface area contributed by atoms with Gasteiger partial charge in [0.25, 0.3) is 0 Å². The summed E-state index contributed by atoms with van der Waals surface area (Å²) in [6, 6.07) is 0.0912. The third-order valence-electron chi connectivity index (χ3n) is 4.62. The van der Waals surface area contributed by atoms with Crippen molar-refractivity contribution >= 4 is 17.5 Å². The number of Topliss-reactive ketones (excluding diaryl/α,β-unsaturated/α-hetero) is 2. The molecule has 0 aliphatic rings. The van der Waals surface area contributed by atoms with E-state index in [1.54, 1.807) is 0 Å². The van der Waals surface area contributed by atoms with Crippen molar-refractivity contribution in [3.05, 3.63) is 0 Å². The van der Waals surface area contributed by atoms with Gasteiger partial charge in [0.1, 0.15) is 5.78 Å². The maximum atomic E-state index is 12.5. The normalized spacial score (nSPS) is 14.1. The molecule has 5 nitrogen and oxygen atoms in total. The molecule has 27 heavy (non-hydrogen) atoms. The van der Waals surface area contributed by atoms with Crippen molar-refractivity contribution in [1.82, 2.24) is 10.6 Å². The van der Waals surface area contributed by atoms with E-state index in [1.165, 1.54) is 0 Å². The number of ketones is 2. The molecule has 2 atom stereocenters. The lowest BCUT2D eigenvalue weighted by Crippen LogP contribution is -2.44. The molecule has 5 heteroatoms. The van der Waals surface area contributed by atoms with Gasteiger partial charge < -0.3 is 10.6 Å². The van der Waals surface area contributed by atoms with Gasteiger partial charge in [-0.2, -0.15) is 0 Å². The summed E-state index contributed by atoms with van der Waals surface area (Å²) in [7, 11) is 0. The molecule has 0 aliphatic heterocycles. The van der Waals surface area contributed by atoms with Crippen molar-refractivity contribution in [2.45, 2.75) is 106 Å². The zero-order chi connectivity index (χ0) is 21.1. The number of hydrogen-bond acceptors (Lipinski definition) is 4. The monoisotopic (exact) mass is 382 g/mol. The molecule has 2 unspecified atom stereocenters. The molecule has 2 N–H and O–H groups in total. The van der Waals surface area contributed by atoms with Crippen molar-refractivity contribution in [2.24, 2.45) is 17.8 Å². The Kier molecular flexibility index (Phi) is 12.4. The predicted molar refractivity (Wildman–Crippen MR) is 112 cm³/mol. The van der Waals surface area contributed by atoms with Crippen LogP contribution in [0.5, 0.6) is 0 Å². The highest BCUT2D eigenvalue weighted by Gasteiger charge is 2.24. The summed E-state index contributed by atoms with van der Waals surface area (Å²) in [5.74, 6) is 0.366. The summed E-state index contributed by atoms with van der Waals surface area (Å²) < 4.78 is 0. The van der Waals surface area contributed by atoms with Gasteiger partial charge in [0.2, 0.25) is 5.91 Å². The van der Waals surface area contributed by atoms with E-state index >= 15 is 0 Å². The van der Waals surface area contributed by atoms with Crippen LogP contribution in [0.1, 0.15) is 87.5 Å². The Morgan fingerprint density at radius 2 is 1.37 bits per heavy atom. The van der Waals surface area contributed by atoms with Crippen molar-refractivity contribution in [3.63, 3.8) is 0 Å². The predicted octanol–water partition coefficient (Wildman–Crippen LogP) is 3.89. The summed E-state index contributed by atoms with van der Waals surface area (Å²) in [6.45, 7) is 15.9. The average molecular weight is 383 g/mol. The second kappa shape index (κ2) is 13.0. The molecule has 0 aromatic rings. The van der Waals surface area contributed by atoms with Gasteiger partial charge in [0, 0.05) is 36.8 Å². The largest absolute Gasteiger partial charge is 0.346 e. The van der Waals surface area contributed by atoms with E-state index in [2.05, 4.69) is 38.3 Å². The molecule has 0 saturated carbocycles. The molecule has 158 valence electrons. The van der Waals surface area contributed by atoms with Gasteiger partial charge in [-0.25, -0.2) is 0 Å². The first-order valence-corrected chi connectivity index (χ1v) is 10.6. The molecule has 0 rings (SSSR count). The highest BCUT2D eigenvalue weighted by molar-refractivity contribution is 5.91. The van der Waals surface area contributed by atoms with Crippen molar-refractivity contribution < 1.29 is 14.4 Å². The van der Waals surface area contributed by atoms with Gasteiger partial charge in [-0.15, -0.1) is 0 Å². The van der Waals surface area contributed by atoms with Crippen LogP contribution in [0, 0.1) is 17.8 Å². The van der Waals surface area contributed by atoms with Gasteiger partial charge in [-0.3, -0.25) is 14.4 Å². The van der Waals surface area contributed by atoms with Crippen LogP contribution >= 0.6 is 0 Å². The first-order valence-electron chi connectivity index (χ1n) is 10.6. The SMILES string of the molecule is CC(C)CC(CCC(=O)NC(CCC(=O)C(C)C)C(=O)C(C)C)NC(C)C. The molecule has 0 spiro atoms. The molecule has 0 saturated heterocycles. The van der Waals surface area contributed by atoms with Crippen LogP contribution in [0.2, 0.25) is 0 Å². The highest BCUT2D eigenvalue weighted by Crippen LogP contribution is 2.13. The quantitative estimate of drug-likeness (QED) is 0.478. The van der Waals surface area contributed by atoms with E-state index in [0.29, 0.717) is 31.2 Å². The molecule has 0 radical (unpaired) electrons. The zero-order valence-corrected chi connectivity index (χ0v) is 18.7. The molecule has 0 fully saturated rings. The van der Waals surface area contributed by atoms with Crippen LogP contribution in [-0.4, -0.2) is 35.6 Å². The smallest absolute Gasteiger partial charge is 0.220 e. The van der Waals surface area contributed by atoms with Crippen LogP contribution in [0.25, 0.3) is 0 Å². The minimum absolute atomic E-state index is 0.000980. The van der Waals surface area contributed by atoms with E-state index in [-0.39, 0.29) is 35.4 Å².